The lowest BCUT2D eigenvalue weighted by molar-refractivity contribution is -0.384. The van der Waals surface area contributed by atoms with Crippen molar-refractivity contribution in [2.24, 2.45) is 0 Å². The zero-order chi connectivity index (χ0) is 24.0. The molecule has 0 saturated carbocycles. The average Bonchev–Trinajstić information content (AvgIpc) is 3.42. The Balaban J connectivity index is 1.65. The van der Waals surface area contributed by atoms with Crippen LogP contribution in [0.2, 0.25) is 0 Å². The Bertz CT molecular complexity index is 1600. The van der Waals surface area contributed by atoms with Gasteiger partial charge in [-0.25, -0.2) is 4.98 Å². The molecule has 2 aromatic carbocycles. The first-order valence-corrected chi connectivity index (χ1v) is 11.4. The van der Waals surface area contributed by atoms with Crippen LogP contribution in [-0.2, 0) is 0 Å². The minimum atomic E-state index is -0.522. The highest BCUT2D eigenvalue weighted by molar-refractivity contribution is 7.13. The smallest absolute Gasteiger partial charge is 0.270 e. The summed E-state index contributed by atoms with van der Waals surface area (Å²) in [7, 11) is 0. The molecule has 168 valence electrons. The first kappa shape index (κ1) is 21.5. The van der Waals surface area contributed by atoms with Crippen molar-refractivity contribution in [1.82, 2.24) is 9.38 Å². The molecule has 0 saturated heterocycles. The topological polar surface area (TPSA) is 104 Å². The van der Waals surface area contributed by atoms with Gasteiger partial charge in [0.15, 0.2) is 0 Å². The molecule has 34 heavy (non-hydrogen) atoms. The number of carbonyl (C=O) groups is 1. The lowest BCUT2D eigenvalue weighted by atomic mass is 10.0. The quantitative estimate of drug-likeness (QED) is 0.192. The third-order valence-corrected chi connectivity index (χ3v) is 6.80. The second-order valence-corrected chi connectivity index (χ2v) is 8.92. The zero-order valence-corrected chi connectivity index (χ0v) is 19.3. The van der Waals surface area contributed by atoms with Crippen LogP contribution in [-0.4, -0.2) is 20.1 Å². The molecule has 8 heteroatoms. The summed E-state index contributed by atoms with van der Waals surface area (Å²) in [5.74, 6) is -0.389. The number of hydrogen-bond donors (Lipinski definition) is 1. The highest BCUT2D eigenvalue weighted by atomic mass is 32.1. The fourth-order valence-corrected chi connectivity index (χ4v) is 4.90. The van der Waals surface area contributed by atoms with Gasteiger partial charge in [-0.05, 0) is 43.2 Å². The number of thiazole rings is 1. The molecular formula is C26H20N4O3S. The van der Waals surface area contributed by atoms with Crippen molar-refractivity contribution in [3.8, 4) is 21.8 Å². The Morgan fingerprint density at radius 2 is 1.88 bits per heavy atom. The average molecular weight is 469 g/mol. The Kier molecular flexibility index (Phi) is 5.22. The van der Waals surface area contributed by atoms with Crippen LogP contribution in [0.4, 0.5) is 11.4 Å². The van der Waals surface area contributed by atoms with Gasteiger partial charge in [-0.2, -0.15) is 0 Å². The molecule has 0 bridgehead atoms. The van der Waals surface area contributed by atoms with Gasteiger partial charge in [0.2, 0.25) is 5.78 Å². The molecule has 5 aromatic rings. The zero-order valence-electron chi connectivity index (χ0n) is 18.5. The standard InChI is InChI=1S/C26H20N4O3S/c1-15-9-10-17(12-16(15)2)20-14-34-26(28-20)22-21-8-3-4-11-29(21)24(23(22)27)25(31)18-6-5-7-19(13-18)30(32)33/h3-14H,27H2,1-2H3. The molecule has 3 aromatic heterocycles. The Hall–Kier alpha value is -4.30. The Morgan fingerprint density at radius 1 is 1.06 bits per heavy atom. The molecule has 3 heterocycles. The van der Waals surface area contributed by atoms with Crippen LogP contribution in [0.5, 0.6) is 0 Å². The number of aromatic nitrogens is 2. The maximum Gasteiger partial charge on any atom is 0.270 e. The van der Waals surface area contributed by atoms with Crippen LogP contribution in [0, 0.1) is 24.0 Å². The summed E-state index contributed by atoms with van der Waals surface area (Å²) in [6.45, 7) is 4.14. The number of nitro groups is 1. The number of carbonyl (C=O) groups excluding carboxylic acids is 1. The normalized spacial score (nSPS) is 11.1. The number of aryl methyl sites for hydroxylation is 2. The minimum Gasteiger partial charge on any atom is -0.396 e. The van der Waals surface area contributed by atoms with Crippen LogP contribution in [0.1, 0.15) is 27.2 Å². The van der Waals surface area contributed by atoms with E-state index in [1.165, 1.54) is 40.7 Å². The van der Waals surface area contributed by atoms with E-state index in [0.717, 1.165) is 16.8 Å². The Labute approximate surface area is 199 Å². The number of benzene rings is 2. The Morgan fingerprint density at radius 3 is 2.65 bits per heavy atom. The molecule has 0 aliphatic rings. The minimum absolute atomic E-state index is 0.150. The molecule has 2 N–H and O–H groups in total. The van der Waals surface area contributed by atoms with E-state index in [9.17, 15) is 14.9 Å². The van der Waals surface area contributed by atoms with E-state index >= 15 is 0 Å². The molecule has 0 atom stereocenters. The van der Waals surface area contributed by atoms with Crippen LogP contribution < -0.4 is 5.73 Å². The van der Waals surface area contributed by atoms with Crippen molar-refractivity contribution in [3.63, 3.8) is 0 Å². The number of ketones is 1. The van der Waals surface area contributed by atoms with E-state index in [1.807, 2.05) is 29.6 Å². The lowest BCUT2D eigenvalue weighted by Crippen LogP contribution is -2.08. The summed E-state index contributed by atoms with van der Waals surface area (Å²) in [4.78, 5) is 29.0. The monoisotopic (exact) mass is 468 g/mol. The second-order valence-electron chi connectivity index (χ2n) is 8.07. The van der Waals surface area contributed by atoms with Crippen molar-refractivity contribution in [3.05, 3.63) is 105 Å². The molecule has 0 fully saturated rings. The number of non-ortho nitro benzene ring substituents is 1. The van der Waals surface area contributed by atoms with Gasteiger partial charge in [-0.1, -0.05) is 30.3 Å². The van der Waals surface area contributed by atoms with Gasteiger partial charge in [0.25, 0.3) is 5.69 Å². The van der Waals surface area contributed by atoms with Crippen molar-refractivity contribution in [2.75, 3.05) is 5.73 Å². The van der Waals surface area contributed by atoms with Gasteiger partial charge in [-0.3, -0.25) is 14.9 Å². The summed E-state index contributed by atoms with van der Waals surface area (Å²) in [5.41, 5.74) is 12.8. The van der Waals surface area contributed by atoms with Gasteiger partial charge < -0.3 is 10.1 Å². The van der Waals surface area contributed by atoms with Gasteiger partial charge in [-0.15, -0.1) is 11.3 Å². The van der Waals surface area contributed by atoms with E-state index in [-0.39, 0.29) is 22.7 Å². The molecule has 0 radical (unpaired) electrons. The van der Waals surface area contributed by atoms with Crippen molar-refractivity contribution < 1.29 is 9.72 Å². The third kappa shape index (κ3) is 3.54. The van der Waals surface area contributed by atoms with Gasteiger partial charge in [0, 0.05) is 34.8 Å². The SMILES string of the molecule is Cc1ccc(-c2csc(-c3c(N)c(C(=O)c4cccc([N+](=O)[O-])c4)n4ccccc34)n2)cc1C. The highest BCUT2D eigenvalue weighted by Gasteiger charge is 2.25. The number of fused-ring (bicyclic) bond motifs is 1. The molecule has 5 rings (SSSR count). The van der Waals surface area contributed by atoms with Crippen LogP contribution in [0.25, 0.3) is 27.3 Å². The molecule has 0 unspecified atom stereocenters. The van der Waals surface area contributed by atoms with Gasteiger partial charge in [0.1, 0.15) is 10.7 Å². The summed E-state index contributed by atoms with van der Waals surface area (Å²) in [6, 6.07) is 17.4. The predicted octanol–water partition coefficient (Wildman–Crippen LogP) is 6.07. The van der Waals surface area contributed by atoms with Crippen LogP contribution in [0.3, 0.4) is 0 Å². The van der Waals surface area contributed by atoms with Crippen molar-refractivity contribution in [2.45, 2.75) is 13.8 Å². The van der Waals surface area contributed by atoms with E-state index in [1.54, 1.807) is 16.7 Å². The van der Waals surface area contributed by atoms with E-state index in [2.05, 4.69) is 26.0 Å². The highest BCUT2D eigenvalue weighted by Crippen LogP contribution is 2.39. The number of nitrogens with zero attached hydrogens (tertiary/aromatic N) is 3. The molecule has 0 aliphatic carbocycles. The first-order chi connectivity index (χ1) is 16.3. The summed E-state index contributed by atoms with van der Waals surface area (Å²) in [5, 5.41) is 13.9. The van der Waals surface area contributed by atoms with Gasteiger partial charge >= 0.3 is 0 Å². The van der Waals surface area contributed by atoms with E-state index < -0.39 is 4.92 Å². The summed E-state index contributed by atoms with van der Waals surface area (Å²) in [6.07, 6.45) is 1.76. The molecule has 0 aliphatic heterocycles. The van der Waals surface area contributed by atoms with Crippen LogP contribution >= 0.6 is 11.3 Å². The predicted molar refractivity (Wildman–Crippen MR) is 134 cm³/mol. The van der Waals surface area contributed by atoms with E-state index in [0.29, 0.717) is 16.3 Å². The van der Waals surface area contributed by atoms with Crippen molar-refractivity contribution in [1.29, 1.82) is 0 Å². The number of nitrogens with two attached hydrogens (primary N) is 1. The first-order valence-electron chi connectivity index (χ1n) is 10.6. The van der Waals surface area contributed by atoms with E-state index in [4.69, 9.17) is 10.7 Å². The molecular weight excluding hydrogens is 448 g/mol. The number of rotatable bonds is 5. The maximum absolute atomic E-state index is 13.5. The van der Waals surface area contributed by atoms with Gasteiger partial charge in [0.05, 0.1) is 27.4 Å². The largest absolute Gasteiger partial charge is 0.396 e. The molecule has 0 amide bonds. The lowest BCUT2D eigenvalue weighted by Gasteiger charge is -2.04. The maximum atomic E-state index is 13.5. The fraction of sp³-hybridized carbons (Fsp3) is 0.0769. The number of nitro benzene ring substituents is 1. The second kappa shape index (κ2) is 8.24. The third-order valence-electron chi connectivity index (χ3n) is 5.94. The summed E-state index contributed by atoms with van der Waals surface area (Å²) >= 11 is 1.46. The van der Waals surface area contributed by atoms with Crippen LogP contribution in [0.15, 0.2) is 72.2 Å². The molecule has 0 spiro atoms. The number of hydrogen-bond acceptors (Lipinski definition) is 6. The number of anilines is 1. The van der Waals surface area contributed by atoms with Crippen molar-refractivity contribution >= 4 is 34.0 Å². The number of nitrogen functional groups attached to an aromatic ring is 1. The molecule has 7 nitrogen and oxygen atoms in total. The summed E-state index contributed by atoms with van der Waals surface area (Å²) < 4.78 is 1.73. The fourth-order valence-electron chi connectivity index (χ4n) is 4.00. The number of pyridine rings is 1.